The molecule has 1 aromatic heterocycles. The summed E-state index contributed by atoms with van der Waals surface area (Å²) in [6.07, 6.45) is 4.34. The second-order valence-electron chi connectivity index (χ2n) is 4.85. The average Bonchev–Trinajstić information content (AvgIpc) is 3.30. The second-order valence-corrected chi connectivity index (χ2v) is 4.85. The van der Waals surface area contributed by atoms with Crippen molar-refractivity contribution in [2.45, 2.75) is 18.8 Å². The molecule has 0 bridgehead atoms. The van der Waals surface area contributed by atoms with E-state index < -0.39 is 0 Å². The number of rotatable bonds is 5. The molecule has 0 spiro atoms. The average molecular weight is 254 g/mol. The molecule has 19 heavy (non-hydrogen) atoms. The van der Waals surface area contributed by atoms with Crippen LogP contribution in [-0.2, 0) is 0 Å². The molecule has 1 aliphatic rings. The van der Waals surface area contributed by atoms with Crippen molar-refractivity contribution >= 4 is 5.69 Å². The molecule has 0 atom stereocenters. The van der Waals surface area contributed by atoms with Crippen LogP contribution >= 0.6 is 0 Å². The summed E-state index contributed by atoms with van der Waals surface area (Å²) in [5, 5.41) is 3.31. The van der Waals surface area contributed by atoms with Gasteiger partial charge in [-0.2, -0.15) is 0 Å². The fourth-order valence-corrected chi connectivity index (χ4v) is 2.13. The van der Waals surface area contributed by atoms with Gasteiger partial charge in [-0.05, 0) is 12.8 Å². The highest BCUT2D eigenvalue weighted by molar-refractivity contribution is 5.59. The predicted molar refractivity (Wildman–Crippen MR) is 77.0 cm³/mol. The number of anilines is 1. The minimum absolute atomic E-state index is 0.589. The number of hydrogen-bond donors (Lipinski definition) is 2. The lowest BCUT2D eigenvalue weighted by molar-refractivity contribution is 0.964. The number of nitrogens with zero attached hydrogens (tertiary/aromatic N) is 2. The van der Waals surface area contributed by atoms with Crippen molar-refractivity contribution in [2.75, 3.05) is 18.4 Å². The molecule has 1 aliphatic carbocycles. The van der Waals surface area contributed by atoms with E-state index in [-0.39, 0.29) is 0 Å². The molecule has 4 nitrogen and oxygen atoms in total. The molecule has 3 N–H and O–H groups in total. The summed E-state index contributed by atoms with van der Waals surface area (Å²) in [4.78, 5) is 9.20. The van der Waals surface area contributed by atoms with E-state index in [1.807, 2.05) is 36.5 Å². The molecule has 0 amide bonds. The van der Waals surface area contributed by atoms with Gasteiger partial charge in [0, 0.05) is 24.6 Å². The maximum Gasteiger partial charge on any atom is 0.159 e. The van der Waals surface area contributed by atoms with Gasteiger partial charge in [-0.25, -0.2) is 9.97 Å². The number of aromatic nitrogens is 2. The highest BCUT2D eigenvalue weighted by atomic mass is 15.0. The molecular weight excluding hydrogens is 236 g/mol. The van der Waals surface area contributed by atoms with Gasteiger partial charge in [0.05, 0.1) is 17.6 Å². The van der Waals surface area contributed by atoms with Crippen molar-refractivity contribution in [2.24, 2.45) is 5.73 Å². The Hall–Kier alpha value is -1.94. The van der Waals surface area contributed by atoms with Crippen LogP contribution in [0.1, 0.15) is 24.5 Å². The Balaban J connectivity index is 1.93. The van der Waals surface area contributed by atoms with Gasteiger partial charge in [0.1, 0.15) is 0 Å². The molecule has 1 fully saturated rings. The van der Waals surface area contributed by atoms with Gasteiger partial charge < -0.3 is 11.1 Å². The lowest BCUT2D eigenvalue weighted by Crippen LogP contribution is -2.15. The first-order valence-corrected chi connectivity index (χ1v) is 6.75. The molecule has 2 aromatic rings. The van der Waals surface area contributed by atoms with Crippen molar-refractivity contribution in [1.82, 2.24) is 9.97 Å². The summed E-state index contributed by atoms with van der Waals surface area (Å²) in [6.45, 7) is 1.37. The molecule has 0 radical (unpaired) electrons. The van der Waals surface area contributed by atoms with Gasteiger partial charge in [-0.3, -0.25) is 0 Å². The third kappa shape index (κ3) is 2.74. The van der Waals surface area contributed by atoms with E-state index in [0.29, 0.717) is 12.5 Å². The van der Waals surface area contributed by atoms with Gasteiger partial charge in [0.25, 0.3) is 0 Å². The van der Waals surface area contributed by atoms with E-state index in [1.165, 1.54) is 12.8 Å². The van der Waals surface area contributed by atoms with Gasteiger partial charge in [0.15, 0.2) is 5.82 Å². The molecule has 1 saturated carbocycles. The van der Waals surface area contributed by atoms with Crippen molar-refractivity contribution in [3.05, 3.63) is 42.2 Å². The van der Waals surface area contributed by atoms with Crippen LogP contribution in [-0.4, -0.2) is 23.1 Å². The second kappa shape index (κ2) is 5.36. The molecule has 0 unspecified atom stereocenters. The van der Waals surface area contributed by atoms with Gasteiger partial charge >= 0.3 is 0 Å². The maximum atomic E-state index is 5.54. The first-order chi connectivity index (χ1) is 9.38. The zero-order valence-corrected chi connectivity index (χ0v) is 10.8. The van der Waals surface area contributed by atoms with E-state index in [0.717, 1.165) is 29.3 Å². The van der Waals surface area contributed by atoms with E-state index in [2.05, 4.69) is 10.3 Å². The third-order valence-corrected chi connectivity index (χ3v) is 3.27. The highest BCUT2D eigenvalue weighted by Gasteiger charge is 2.28. The van der Waals surface area contributed by atoms with Crippen LogP contribution in [0.15, 0.2) is 36.5 Å². The zero-order chi connectivity index (χ0) is 13.1. The van der Waals surface area contributed by atoms with Gasteiger partial charge in [-0.15, -0.1) is 0 Å². The molecule has 1 heterocycles. The first-order valence-electron chi connectivity index (χ1n) is 6.75. The van der Waals surface area contributed by atoms with Crippen LogP contribution in [0.25, 0.3) is 11.4 Å². The van der Waals surface area contributed by atoms with Gasteiger partial charge in [0.2, 0.25) is 0 Å². The molecular formula is C15H18N4. The minimum atomic E-state index is 0.589. The largest absolute Gasteiger partial charge is 0.381 e. The Morgan fingerprint density at radius 3 is 2.68 bits per heavy atom. The Morgan fingerprint density at radius 1 is 1.21 bits per heavy atom. The van der Waals surface area contributed by atoms with Crippen LogP contribution in [0.2, 0.25) is 0 Å². The summed E-state index contributed by atoms with van der Waals surface area (Å²) in [6, 6.07) is 10.1. The topological polar surface area (TPSA) is 63.8 Å². The van der Waals surface area contributed by atoms with Crippen molar-refractivity contribution in [3.8, 4) is 11.4 Å². The van der Waals surface area contributed by atoms with Crippen LogP contribution in [0.5, 0.6) is 0 Å². The normalized spacial score (nSPS) is 14.4. The summed E-state index contributed by atoms with van der Waals surface area (Å²) < 4.78 is 0. The number of benzene rings is 1. The lowest BCUT2D eigenvalue weighted by atomic mass is 10.2. The quantitative estimate of drug-likeness (QED) is 0.860. The molecule has 1 aromatic carbocycles. The third-order valence-electron chi connectivity index (χ3n) is 3.27. The van der Waals surface area contributed by atoms with Crippen LogP contribution in [0, 0.1) is 0 Å². The van der Waals surface area contributed by atoms with Crippen LogP contribution in [0.4, 0.5) is 5.69 Å². The smallest absolute Gasteiger partial charge is 0.159 e. The molecule has 0 saturated heterocycles. The Bertz CT molecular complexity index is 549. The molecule has 0 aliphatic heterocycles. The summed E-state index contributed by atoms with van der Waals surface area (Å²) in [5.74, 6) is 1.39. The Kier molecular flexibility index (Phi) is 3.42. The van der Waals surface area contributed by atoms with Gasteiger partial charge in [-0.1, -0.05) is 30.3 Å². The summed E-state index contributed by atoms with van der Waals surface area (Å²) in [7, 11) is 0. The summed E-state index contributed by atoms with van der Waals surface area (Å²) >= 11 is 0. The van der Waals surface area contributed by atoms with E-state index >= 15 is 0 Å². The monoisotopic (exact) mass is 254 g/mol. The van der Waals surface area contributed by atoms with Crippen molar-refractivity contribution in [1.29, 1.82) is 0 Å². The maximum absolute atomic E-state index is 5.54. The Morgan fingerprint density at radius 2 is 2.00 bits per heavy atom. The Labute approximate surface area is 113 Å². The fourth-order valence-electron chi connectivity index (χ4n) is 2.13. The summed E-state index contributed by atoms with van der Waals surface area (Å²) in [5.41, 5.74) is 8.78. The zero-order valence-electron chi connectivity index (χ0n) is 10.8. The number of nitrogens with two attached hydrogens (primary N) is 1. The standard InChI is InChI=1S/C15H18N4/c16-8-9-17-13-10-18-15(12-4-2-1-3-5-12)19-14(13)11-6-7-11/h1-5,10-11,17H,6-9,16H2. The molecule has 98 valence electrons. The number of hydrogen-bond acceptors (Lipinski definition) is 4. The molecule has 3 rings (SSSR count). The van der Waals surface area contributed by atoms with Crippen molar-refractivity contribution < 1.29 is 0 Å². The molecule has 4 heteroatoms. The minimum Gasteiger partial charge on any atom is -0.381 e. The van der Waals surface area contributed by atoms with Crippen molar-refractivity contribution in [3.63, 3.8) is 0 Å². The van der Waals surface area contributed by atoms with E-state index in [1.54, 1.807) is 0 Å². The lowest BCUT2D eigenvalue weighted by Gasteiger charge is -2.11. The predicted octanol–water partition coefficient (Wildman–Crippen LogP) is 2.39. The van der Waals surface area contributed by atoms with Crippen LogP contribution in [0.3, 0.4) is 0 Å². The van der Waals surface area contributed by atoms with Crippen LogP contribution < -0.4 is 11.1 Å². The number of nitrogens with one attached hydrogen (secondary N) is 1. The highest BCUT2D eigenvalue weighted by Crippen LogP contribution is 2.42. The SMILES string of the molecule is NCCNc1cnc(-c2ccccc2)nc1C1CC1. The van der Waals surface area contributed by atoms with E-state index in [4.69, 9.17) is 10.7 Å². The fraction of sp³-hybridized carbons (Fsp3) is 0.333. The first kappa shape index (κ1) is 12.1. The van der Waals surface area contributed by atoms with E-state index in [9.17, 15) is 0 Å².